The molecule has 1 aromatic heterocycles. The monoisotopic (exact) mass is 365 g/mol. The molecule has 2 fully saturated rings. The van der Waals surface area contributed by atoms with Gasteiger partial charge in [-0.1, -0.05) is 0 Å². The van der Waals surface area contributed by atoms with E-state index in [-0.39, 0.29) is 5.91 Å². The van der Waals surface area contributed by atoms with E-state index in [0.717, 1.165) is 45.0 Å². The second-order valence-electron chi connectivity index (χ2n) is 7.39. The van der Waals surface area contributed by atoms with Crippen LogP contribution in [0.1, 0.15) is 23.2 Å². The quantitative estimate of drug-likeness (QED) is 0.903. The first-order valence-corrected chi connectivity index (χ1v) is 9.75. The van der Waals surface area contributed by atoms with Gasteiger partial charge in [-0.15, -0.1) is 0 Å². The highest BCUT2D eigenvalue weighted by Gasteiger charge is 2.20. The maximum atomic E-state index is 12.7. The van der Waals surface area contributed by atoms with Crippen LogP contribution in [0.2, 0.25) is 0 Å². The number of aromatic nitrogens is 1. The highest BCUT2D eigenvalue weighted by atomic mass is 16.2. The van der Waals surface area contributed by atoms with Gasteiger partial charge in [0.2, 0.25) is 0 Å². The van der Waals surface area contributed by atoms with Gasteiger partial charge in [0.15, 0.2) is 0 Å². The van der Waals surface area contributed by atoms with E-state index in [9.17, 15) is 4.79 Å². The van der Waals surface area contributed by atoms with Crippen LogP contribution in [0.25, 0.3) is 0 Å². The number of carbonyl (C=O) groups is 1. The minimum atomic E-state index is 0.0814. The maximum absolute atomic E-state index is 12.7. The predicted octanol–water partition coefficient (Wildman–Crippen LogP) is 2.81. The minimum absolute atomic E-state index is 0.0814. The van der Waals surface area contributed by atoms with Crippen molar-refractivity contribution in [3.05, 3.63) is 48.2 Å². The molecule has 4 rings (SSSR count). The van der Waals surface area contributed by atoms with Crippen LogP contribution in [-0.2, 0) is 0 Å². The lowest BCUT2D eigenvalue weighted by Gasteiger charge is -2.32. The number of likely N-dealkylation sites (N-methyl/N-ethyl adjacent to an activating group) is 1. The Hall–Kier alpha value is -2.60. The van der Waals surface area contributed by atoms with Gasteiger partial charge in [0, 0.05) is 62.4 Å². The lowest BCUT2D eigenvalue weighted by Crippen LogP contribution is -2.47. The molecule has 27 heavy (non-hydrogen) atoms. The molecule has 0 aliphatic carbocycles. The molecule has 0 bridgehead atoms. The smallest absolute Gasteiger partial charge is 0.254 e. The van der Waals surface area contributed by atoms with Crippen LogP contribution in [-0.4, -0.2) is 67.0 Å². The fraction of sp³-hybridized carbons (Fsp3) is 0.429. The van der Waals surface area contributed by atoms with Gasteiger partial charge in [0.1, 0.15) is 5.82 Å². The summed E-state index contributed by atoms with van der Waals surface area (Å²) in [6.45, 7) is 5.68. The Bertz CT molecular complexity index is 777. The third-order valence-corrected chi connectivity index (χ3v) is 5.41. The second-order valence-corrected chi connectivity index (χ2v) is 7.39. The number of carbonyl (C=O) groups excluding carboxylic acids is 1. The van der Waals surface area contributed by atoms with E-state index in [1.807, 2.05) is 11.0 Å². The second kappa shape index (κ2) is 7.96. The van der Waals surface area contributed by atoms with Crippen LogP contribution in [0.4, 0.5) is 17.2 Å². The molecule has 0 radical (unpaired) electrons. The minimum Gasteiger partial charge on any atom is -0.372 e. The van der Waals surface area contributed by atoms with E-state index in [0.29, 0.717) is 11.4 Å². The number of hydrogen-bond acceptors (Lipinski definition) is 5. The first kappa shape index (κ1) is 17.8. The number of nitrogens with zero attached hydrogens (tertiary/aromatic N) is 4. The molecule has 1 amide bonds. The summed E-state index contributed by atoms with van der Waals surface area (Å²) in [6.07, 6.45) is 4.25. The maximum Gasteiger partial charge on any atom is 0.254 e. The Morgan fingerprint density at radius 1 is 0.963 bits per heavy atom. The molecule has 2 saturated heterocycles. The average molecular weight is 365 g/mol. The van der Waals surface area contributed by atoms with Gasteiger partial charge in [-0.2, -0.15) is 0 Å². The number of piperazine rings is 1. The summed E-state index contributed by atoms with van der Waals surface area (Å²) in [4.78, 5) is 23.7. The van der Waals surface area contributed by atoms with Crippen molar-refractivity contribution >= 4 is 23.1 Å². The molecule has 2 aliphatic rings. The molecule has 1 aromatic carbocycles. The normalized spacial score (nSPS) is 18.0. The fourth-order valence-electron chi connectivity index (χ4n) is 3.70. The highest BCUT2D eigenvalue weighted by molar-refractivity contribution is 5.95. The van der Waals surface area contributed by atoms with E-state index in [2.05, 4.69) is 51.4 Å². The van der Waals surface area contributed by atoms with Crippen LogP contribution < -0.4 is 10.2 Å². The zero-order valence-corrected chi connectivity index (χ0v) is 15.9. The summed E-state index contributed by atoms with van der Waals surface area (Å²) in [7, 11) is 2.09. The summed E-state index contributed by atoms with van der Waals surface area (Å²) in [5.74, 6) is 0.779. The number of anilines is 3. The van der Waals surface area contributed by atoms with E-state index in [4.69, 9.17) is 0 Å². The molecular formula is C21H27N5O. The Balaban J connectivity index is 1.42. The van der Waals surface area contributed by atoms with Crippen LogP contribution in [0.3, 0.4) is 0 Å². The number of nitrogens with one attached hydrogen (secondary N) is 1. The van der Waals surface area contributed by atoms with Crippen LogP contribution >= 0.6 is 0 Å². The van der Waals surface area contributed by atoms with Gasteiger partial charge >= 0.3 is 0 Å². The van der Waals surface area contributed by atoms with Gasteiger partial charge < -0.3 is 20.0 Å². The SMILES string of the molecule is CN1CCN(C(=O)c2ccnc(Nc3ccc(N4CCCC4)cc3)c2)CC1. The summed E-state index contributed by atoms with van der Waals surface area (Å²) in [5.41, 5.74) is 2.94. The Kier molecular flexibility index (Phi) is 5.25. The van der Waals surface area contributed by atoms with E-state index in [1.54, 1.807) is 12.3 Å². The van der Waals surface area contributed by atoms with E-state index in [1.165, 1.54) is 18.5 Å². The molecular weight excluding hydrogens is 338 g/mol. The third-order valence-electron chi connectivity index (χ3n) is 5.41. The van der Waals surface area contributed by atoms with Crippen LogP contribution in [0.15, 0.2) is 42.6 Å². The fourth-order valence-corrected chi connectivity index (χ4v) is 3.70. The van der Waals surface area contributed by atoms with Crippen molar-refractivity contribution in [1.82, 2.24) is 14.8 Å². The van der Waals surface area contributed by atoms with Crippen molar-refractivity contribution in [2.45, 2.75) is 12.8 Å². The van der Waals surface area contributed by atoms with Crippen molar-refractivity contribution in [3.63, 3.8) is 0 Å². The van der Waals surface area contributed by atoms with Crippen LogP contribution in [0, 0.1) is 0 Å². The van der Waals surface area contributed by atoms with Crippen molar-refractivity contribution in [3.8, 4) is 0 Å². The number of rotatable bonds is 4. The first-order chi connectivity index (χ1) is 13.2. The summed E-state index contributed by atoms with van der Waals surface area (Å²) in [6, 6.07) is 12.1. The zero-order chi connectivity index (χ0) is 18.6. The van der Waals surface area contributed by atoms with Crippen molar-refractivity contribution in [2.75, 3.05) is 56.5 Å². The molecule has 0 spiro atoms. The Morgan fingerprint density at radius 2 is 1.67 bits per heavy atom. The molecule has 0 unspecified atom stereocenters. The molecule has 2 aliphatic heterocycles. The molecule has 0 saturated carbocycles. The lowest BCUT2D eigenvalue weighted by molar-refractivity contribution is 0.0664. The van der Waals surface area contributed by atoms with Gasteiger partial charge in [-0.3, -0.25) is 4.79 Å². The van der Waals surface area contributed by atoms with Crippen molar-refractivity contribution in [2.24, 2.45) is 0 Å². The molecule has 6 nitrogen and oxygen atoms in total. The number of amides is 1. The molecule has 2 aromatic rings. The number of hydrogen-bond donors (Lipinski definition) is 1. The third kappa shape index (κ3) is 4.22. The molecule has 6 heteroatoms. The van der Waals surface area contributed by atoms with Gasteiger partial charge in [0.05, 0.1) is 0 Å². The Morgan fingerprint density at radius 3 is 2.37 bits per heavy atom. The van der Waals surface area contributed by atoms with Gasteiger partial charge in [0.25, 0.3) is 5.91 Å². The van der Waals surface area contributed by atoms with Gasteiger partial charge in [-0.25, -0.2) is 4.98 Å². The average Bonchev–Trinajstić information content (AvgIpc) is 3.24. The largest absolute Gasteiger partial charge is 0.372 e. The van der Waals surface area contributed by atoms with Gasteiger partial charge in [-0.05, 0) is 56.3 Å². The molecule has 1 N–H and O–H groups in total. The topological polar surface area (TPSA) is 51.7 Å². The first-order valence-electron chi connectivity index (χ1n) is 9.75. The van der Waals surface area contributed by atoms with E-state index >= 15 is 0 Å². The summed E-state index contributed by atoms with van der Waals surface area (Å²) < 4.78 is 0. The molecule has 3 heterocycles. The summed E-state index contributed by atoms with van der Waals surface area (Å²) >= 11 is 0. The molecule has 0 atom stereocenters. The lowest BCUT2D eigenvalue weighted by atomic mass is 10.2. The van der Waals surface area contributed by atoms with Crippen LogP contribution in [0.5, 0.6) is 0 Å². The number of benzene rings is 1. The summed E-state index contributed by atoms with van der Waals surface area (Å²) in [5, 5.41) is 3.32. The zero-order valence-electron chi connectivity index (χ0n) is 15.9. The standard InChI is InChI=1S/C21H27N5O/c1-24-12-14-26(15-13-24)21(27)17-8-9-22-20(16-17)23-18-4-6-19(7-5-18)25-10-2-3-11-25/h4-9,16H,2-3,10-15H2,1H3,(H,22,23). The number of pyridine rings is 1. The Labute approximate surface area is 160 Å². The highest BCUT2D eigenvalue weighted by Crippen LogP contribution is 2.23. The van der Waals surface area contributed by atoms with Crippen molar-refractivity contribution < 1.29 is 4.79 Å². The van der Waals surface area contributed by atoms with Crippen molar-refractivity contribution in [1.29, 1.82) is 0 Å². The van der Waals surface area contributed by atoms with E-state index < -0.39 is 0 Å². The predicted molar refractivity (Wildman–Crippen MR) is 109 cm³/mol. The molecule has 142 valence electrons.